The molecule has 1 aromatic carbocycles. The van der Waals surface area contributed by atoms with E-state index in [0.717, 1.165) is 18.4 Å². The first-order valence-electron chi connectivity index (χ1n) is 8.45. The molecule has 2 unspecified atom stereocenters. The van der Waals surface area contributed by atoms with Crippen LogP contribution >= 0.6 is 11.6 Å². The molecule has 126 valence electrons. The maximum atomic E-state index is 12.8. The number of aromatic nitrogens is 2. The molecule has 2 aliphatic heterocycles. The predicted octanol–water partition coefficient (Wildman–Crippen LogP) is 3.09. The number of rotatable bonds is 3. The van der Waals surface area contributed by atoms with E-state index in [9.17, 15) is 4.79 Å². The third kappa shape index (κ3) is 2.82. The van der Waals surface area contributed by atoms with Gasteiger partial charge in [0.25, 0.3) is 5.91 Å². The van der Waals surface area contributed by atoms with E-state index >= 15 is 0 Å². The molecule has 1 aromatic heterocycles. The van der Waals surface area contributed by atoms with E-state index < -0.39 is 0 Å². The van der Waals surface area contributed by atoms with Crippen molar-refractivity contribution < 1.29 is 4.79 Å². The number of nitrogens with zero attached hydrogens (tertiary/aromatic N) is 2. The summed E-state index contributed by atoms with van der Waals surface area (Å²) in [6, 6.07) is 10.7. The van der Waals surface area contributed by atoms with E-state index in [1.165, 1.54) is 12.8 Å². The number of fused-ring (bicyclic) bond motifs is 2. The van der Waals surface area contributed by atoms with Gasteiger partial charge in [-0.05, 0) is 37.8 Å². The van der Waals surface area contributed by atoms with Gasteiger partial charge in [0.15, 0.2) is 0 Å². The van der Waals surface area contributed by atoms with E-state index in [0.29, 0.717) is 34.5 Å². The minimum Gasteiger partial charge on any atom is -0.337 e. The highest BCUT2D eigenvalue weighted by Gasteiger charge is 2.36. The topological polar surface area (TPSA) is 61.0 Å². The summed E-state index contributed by atoms with van der Waals surface area (Å²) in [6.45, 7) is 0. The van der Waals surface area contributed by atoms with Crippen LogP contribution in [0.25, 0.3) is 11.3 Å². The van der Waals surface area contributed by atoms with Gasteiger partial charge in [0, 0.05) is 30.7 Å². The largest absolute Gasteiger partial charge is 0.337 e. The van der Waals surface area contributed by atoms with Crippen LogP contribution in [0.1, 0.15) is 36.2 Å². The normalized spacial score (nSPS) is 25.7. The van der Waals surface area contributed by atoms with E-state index in [4.69, 9.17) is 11.6 Å². The highest BCUT2D eigenvalue weighted by atomic mass is 35.5. The SMILES string of the molecule is CN(C(=O)c1cc(-c2ccccc2Cl)n[nH]1)C1CC2CCC(C1)N2. The van der Waals surface area contributed by atoms with E-state index in [1.54, 1.807) is 6.07 Å². The van der Waals surface area contributed by atoms with Gasteiger partial charge in [-0.3, -0.25) is 9.89 Å². The van der Waals surface area contributed by atoms with E-state index in [-0.39, 0.29) is 5.91 Å². The lowest BCUT2D eigenvalue weighted by atomic mass is 9.98. The Labute approximate surface area is 146 Å². The Balaban J connectivity index is 1.52. The summed E-state index contributed by atoms with van der Waals surface area (Å²) in [5.41, 5.74) is 2.04. The molecule has 1 amide bonds. The van der Waals surface area contributed by atoms with Crippen molar-refractivity contribution in [3.8, 4) is 11.3 Å². The number of H-pyrrole nitrogens is 1. The Hall–Kier alpha value is -1.85. The fraction of sp³-hybridized carbons (Fsp3) is 0.444. The molecule has 2 atom stereocenters. The van der Waals surface area contributed by atoms with Crippen molar-refractivity contribution in [2.45, 2.75) is 43.8 Å². The molecule has 6 heteroatoms. The van der Waals surface area contributed by atoms with Crippen LogP contribution < -0.4 is 5.32 Å². The zero-order valence-corrected chi connectivity index (χ0v) is 14.4. The van der Waals surface area contributed by atoms with Gasteiger partial charge in [-0.15, -0.1) is 0 Å². The molecular formula is C18H21ClN4O. The molecule has 0 radical (unpaired) electrons. The van der Waals surface area contributed by atoms with Crippen molar-refractivity contribution in [2.75, 3.05) is 7.05 Å². The molecule has 2 aliphatic rings. The summed E-state index contributed by atoms with van der Waals surface area (Å²) in [5.74, 6) is -0.00731. The van der Waals surface area contributed by atoms with Crippen molar-refractivity contribution >= 4 is 17.5 Å². The predicted molar refractivity (Wildman–Crippen MR) is 94.1 cm³/mol. The van der Waals surface area contributed by atoms with Crippen molar-refractivity contribution in [1.82, 2.24) is 20.4 Å². The summed E-state index contributed by atoms with van der Waals surface area (Å²) in [5, 5.41) is 11.4. The molecule has 2 bridgehead atoms. The Bertz CT molecular complexity index is 747. The number of nitrogens with one attached hydrogen (secondary N) is 2. The Morgan fingerprint density at radius 1 is 1.25 bits per heavy atom. The lowest BCUT2D eigenvalue weighted by Gasteiger charge is -2.35. The molecule has 5 nitrogen and oxygen atoms in total. The van der Waals surface area contributed by atoms with Gasteiger partial charge >= 0.3 is 0 Å². The molecule has 24 heavy (non-hydrogen) atoms. The standard InChI is InChI=1S/C18H21ClN4O/c1-23(13-8-11-6-7-12(9-13)20-11)18(24)17-10-16(21-22-17)14-4-2-3-5-15(14)19/h2-5,10-13,20H,6-9H2,1H3,(H,21,22). The van der Waals surface area contributed by atoms with Gasteiger partial charge in [-0.1, -0.05) is 29.8 Å². The quantitative estimate of drug-likeness (QED) is 0.899. The molecule has 3 heterocycles. The van der Waals surface area contributed by atoms with Crippen molar-refractivity contribution in [2.24, 2.45) is 0 Å². The minimum atomic E-state index is -0.00731. The number of carbonyl (C=O) groups excluding carboxylic acids is 1. The van der Waals surface area contributed by atoms with Gasteiger partial charge < -0.3 is 10.2 Å². The number of piperidine rings is 1. The average molecular weight is 345 g/mol. The van der Waals surface area contributed by atoms with Gasteiger partial charge in [0.1, 0.15) is 5.69 Å². The lowest BCUT2D eigenvalue weighted by molar-refractivity contribution is 0.0675. The molecule has 0 aliphatic carbocycles. The van der Waals surface area contributed by atoms with Crippen LogP contribution in [-0.2, 0) is 0 Å². The van der Waals surface area contributed by atoms with Crippen LogP contribution in [0.5, 0.6) is 0 Å². The van der Waals surface area contributed by atoms with Crippen LogP contribution in [0.2, 0.25) is 5.02 Å². The van der Waals surface area contributed by atoms with Crippen LogP contribution in [0.4, 0.5) is 0 Å². The second kappa shape index (κ2) is 6.22. The fourth-order valence-electron chi connectivity index (χ4n) is 3.94. The molecule has 2 aromatic rings. The Kier molecular flexibility index (Phi) is 4.06. The minimum absolute atomic E-state index is 0.00731. The average Bonchev–Trinajstić information content (AvgIpc) is 3.20. The van der Waals surface area contributed by atoms with E-state index in [1.807, 2.05) is 36.2 Å². The zero-order valence-electron chi connectivity index (χ0n) is 13.6. The van der Waals surface area contributed by atoms with Crippen LogP contribution in [0, 0.1) is 0 Å². The Morgan fingerprint density at radius 2 is 1.96 bits per heavy atom. The summed E-state index contributed by atoms with van der Waals surface area (Å²) in [6.07, 6.45) is 4.52. The number of hydrogen-bond donors (Lipinski definition) is 2. The molecule has 4 rings (SSSR count). The van der Waals surface area contributed by atoms with Gasteiger partial charge in [0.2, 0.25) is 0 Å². The first-order chi connectivity index (χ1) is 11.6. The third-order valence-electron chi connectivity index (χ3n) is 5.27. The van der Waals surface area contributed by atoms with Gasteiger partial charge in [0.05, 0.1) is 10.7 Å². The Morgan fingerprint density at radius 3 is 2.67 bits per heavy atom. The van der Waals surface area contributed by atoms with Gasteiger partial charge in [-0.2, -0.15) is 5.10 Å². The summed E-state index contributed by atoms with van der Waals surface area (Å²) in [7, 11) is 1.90. The molecule has 2 N–H and O–H groups in total. The monoisotopic (exact) mass is 344 g/mol. The maximum absolute atomic E-state index is 12.8. The maximum Gasteiger partial charge on any atom is 0.271 e. The fourth-order valence-corrected chi connectivity index (χ4v) is 4.17. The third-order valence-corrected chi connectivity index (χ3v) is 5.60. The molecular weight excluding hydrogens is 324 g/mol. The molecule has 2 saturated heterocycles. The first kappa shape index (κ1) is 15.7. The highest BCUT2D eigenvalue weighted by molar-refractivity contribution is 6.33. The highest BCUT2D eigenvalue weighted by Crippen LogP contribution is 2.30. The number of amides is 1. The molecule has 2 fully saturated rings. The van der Waals surface area contributed by atoms with Crippen LogP contribution in [0.3, 0.4) is 0 Å². The van der Waals surface area contributed by atoms with Crippen molar-refractivity contribution in [3.63, 3.8) is 0 Å². The van der Waals surface area contributed by atoms with Crippen LogP contribution in [-0.4, -0.2) is 46.2 Å². The number of halogens is 1. The number of benzene rings is 1. The summed E-state index contributed by atoms with van der Waals surface area (Å²) < 4.78 is 0. The van der Waals surface area contributed by atoms with Crippen molar-refractivity contribution in [1.29, 1.82) is 0 Å². The summed E-state index contributed by atoms with van der Waals surface area (Å²) >= 11 is 6.21. The number of hydrogen-bond acceptors (Lipinski definition) is 3. The van der Waals surface area contributed by atoms with Crippen molar-refractivity contribution in [3.05, 3.63) is 41.0 Å². The zero-order chi connectivity index (χ0) is 16.7. The van der Waals surface area contributed by atoms with Gasteiger partial charge in [-0.25, -0.2) is 0 Å². The smallest absolute Gasteiger partial charge is 0.271 e. The number of carbonyl (C=O) groups is 1. The second-order valence-corrected chi connectivity index (χ2v) is 7.23. The lowest BCUT2D eigenvalue weighted by Crippen LogP contribution is -2.48. The second-order valence-electron chi connectivity index (χ2n) is 6.83. The van der Waals surface area contributed by atoms with E-state index in [2.05, 4.69) is 15.5 Å². The summed E-state index contributed by atoms with van der Waals surface area (Å²) in [4.78, 5) is 14.7. The molecule has 0 spiro atoms. The molecule has 0 saturated carbocycles. The number of aromatic amines is 1. The first-order valence-corrected chi connectivity index (χ1v) is 8.83. The van der Waals surface area contributed by atoms with Crippen LogP contribution in [0.15, 0.2) is 30.3 Å².